The van der Waals surface area contributed by atoms with E-state index in [2.05, 4.69) is 33.2 Å². The zero-order chi connectivity index (χ0) is 26.3. The molecule has 0 saturated carbocycles. The predicted octanol–water partition coefficient (Wildman–Crippen LogP) is 6.11. The molecule has 5 aromatic rings. The second kappa shape index (κ2) is 11.7. The van der Waals surface area contributed by atoms with E-state index in [0.717, 1.165) is 39.0 Å². The highest BCUT2D eigenvalue weighted by molar-refractivity contribution is 5.86. The highest BCUT2D eigenvalue weighted by atomic mass is 19.1. The Morgan fingerprint density at radius 1 is 0.974 bits per heavy atom. The van der Waals surface area contributed by atoms with Crippen molar-refractivity contribution in [1.29, 1.82) is 0 Å². The van der Waals surface area contributed by atoms with E-state index in [4.69, 9.17) is 4.74 Å². The molecule has 0 aliphatic carbocycles. The van der Waals surface area contributed by atoms with Gasteiger partial charge < -0.3 is 14.6 Å². The smallest absolute Gasteiger partial charge is 0.220 e. The van der Waals surface area contributed by atoms with E-state index in [1.165, 1.54) is 12.1 Å². The minimum absolute atomic E-state index is 0.0166. The number of methoxy groups -OCH3 is 1. The van der Waals surface area contributed by atoms with Gasteiger partial charge in [0.1, 0.15) is 11.6 Å². The Balaban J connectivity index is 1.44. The number of amides is 1. The van der Waals surface area contributed by atoms with E-state index < -0.39 is 0 Å². The van der Waals surface area contributed by atoms with Gasteiger partial charge in [0.25, 0.3) is 0 Å². The van der Waals surface area contributed by atoms with Gasteiger partial charge in [-0.05, 0) is 59.2 Å². The third-order valence-corrected chi connectivity index (χ3v) is 6.80. The minimum Gasteiger partial charge on any atom is -0.497 e. The van der Waals surface area contributed by atoms with Crippen LogP contribution in [0.25, 0.3) is 10.9 Å². The van der Waals surface area contributed by atoms with Crippen molar-refractivity contribution in [2.45, 2.75) is 25.3 Å². The molecule has 0 aliphatic heterocycles. The second-order valence-corrected chi connectivity index (χ2v) is 9.31. The lowest BCUT2D eigenvalue weighted by atomic mass is 9.88. The second-order valence-electron chi connectivity index (χ2n) is 9.31. The van der Waals surface area contributed by atoms with E-state index in [-0.39, 0.29) is 17.6 Å². The van der Waals surface area contributed by atoms with E-state index in [0.29, 0.717) is 25.9 Å². The number of hydrogen-bond donors (Lipinski definition) is 1. The molecule has 0 saturated heterocycles. The average Bonchev–Trinajstić information content (AvgIpc) is 3.31. The van der Waals surface area contributed by atoms with Crippen LogP contribution in [0.4, 0.5) is 4.39 Å². The van der Waals surface area contributed by atoms with Crippen molar-refractivity contribution in [3.05, 3.63) is 132 Å². The van der Waals surface area contributed by atoms with Crippen molar-refractivity contribution < 1.29 is 13.9 Å². The van der Waals surface area contributed by atoms with Crippen LogP contribution in [-0.4, -0.2) is 29.1 Å². The molecule has 0 aliphatic rings. The van der Waals surface area contributed by atoms with Crippen molar-refractivity contribution >= 4 is 16.8 Å². The van der Waals surface area contributed by atoms with Gasteiger partial charge in [-0.25, -0.2) is 4.39 Å². The van der Waals surface area contributed by atoms with Gasteiger partial charge in [-0.15, -0.1) is 0 Å². The molecule has 3 aromatic carbocycles. The molecule has 1 amide bonds. The highest BCUT2D eigenvalue weighted by Crippen LogP contribution is 2.35. The minimum atomic E-state index is -0.250. The summed E-state index contributed by atoms with van der Waals surface area (Å²) in [6.07, 6.45) is 4.87. The average molecular weight is 508 g/mol. The number of ether oxygens (including phenoxy) is 1. The third-order valence-electron chi connectivity index (χ3n) is 6.80. The summed E-state index contributed by atoms with van der Waals surface area (Å²) in [5, 5.41) is 4.17. The Bertz CT molecular complexity index is 1500. The van der Waals surface area contributed by atoms with Gasteiger partial charge in [-0.3, -0.25) is 9.78 Å². The van der Waals surface area contributed by atoms with Crippen molar-refractivity contribution in [3.63, 3.8) is 0 Å². The Hall–Kier alpha value is -4.45. The zero-order valence-corrected chi connectivity index (χ0v) is 21.3. The summed E-state index contributed by atoms with van der Waals surface area (Å²) >= 11 is 0. The van der Waals surface area contributed by atoms with Gasteiger partial charge in [0.2, 0.25) is 5.91 Å². The molecule has 0 bridgehead atoms. The highest BCUT2D eigenvalue weighted by Gasteiger charge is 2.23. The quantitative estimate of drug-likeness (QED) is 0.248. The normalized spacial score (nSPS) is 11.8. The number of pyridine rings is 1. The maximum absolute atomic E-state index is 13.5. The summed E-state index contributed by atoms with van der Waals surface area (Å²) < 4.78 is 21.0. The standard InChI is InChI=1S/C32H30FN3O2/c1-38-27-15-11-24(12-16-27)29(20-32(37)35-19-17-26-6-4-5-18-34-26)30-22-36(31-8-3-2-7-28(30)31)21-23-9-13-25(33)14-10-23/h2-16,18,22,29H,17,19-21H2,1H3,(H,35,37)/t29-/m1/s1. The van der Waals surface area contributed by atoms with Crippen LogP contribution in [-0.2, 0) is 17.8 Å². The first-order valence-electron chi connectivity index (χ1n) is 12.7. The molecule has 1 N–H and O–H groups in total. The molecular formula is C32H30FN3O2. The van der Waals surface area contributed by atoms with E-state index in [1.54, 1.807) is 25.4 Å². The van der Waals surface area contributed by atoms with Gasteiger partial charge >= 0.3 is 0 Å². The molecule has 2 aromatic heterocycles. The van der Waals surface area contributed by atoms with Gasteiger partial charge in [-0.2, -0.15) is 0 Å². The SMILES string of the molecule is COc1ccc([C@@H](CC(=O)NCCc2ccccn2)c2cn(Cc3ccc(F)cc3)c3ccccc23)cc1. The maximum atomic E-state index is 13.5. The van der Waals surface area contributed by atoms with E-state index in [1.807, 2.05) is 54.6 Å². The summed E-state index contributed by atoms with van der Waals surface area (Å²) in [5.41, 5.74) is 5.14. The van der Waals surface area contributed by atoms with Crippen LogP contribution < -0.4 is 10.1 Å². The largest absolute Gasteiger partial charge is 0.497 e. The summed E-state index contributed by atoms with van der Waals surface area (Å²) in [5.74, 6) is 0.346. The van der Waals surface area contributed by atoms with Crippen LogP contribution in [0.2, 0.25) is 0 Å². The van der Waals surface area contributed by atoms with Crippen molar-refractivity contribution in [2.75, 3.05) is 13.7 Å². The molecule has 38 heavy (non-hydrogen) atoms. The molecule has 0 fully saturated rings. The van der Waals surface area contributed by atoms with Crippen LogP contribution in [0.5, 0.6) is 5.75 Å². The number of benzene rings is 3. The lowest BCUT2D eigenvalue weighted by Crippen LogP contribution is -2.27. The molecule has 192 valence electrons. The van der Waals surface area contributed by atoms with Gasteiger partial charge in [0.05, 0.1) is 7.11 Å². The van der Waals surface area contributed by atoms with E-state index >= 15 is 0 Å². The first-order chi connectivity index (χ1) is 18.6. The molecule has 1 atom stereocenters. The fraction of sp³-hybridized carbons (Fsp3) is 0.188. The maximum Gasteiger partial charge on any atom is 0.220 e. The number of nitrogens with one attached hydrogen (secondary N) is 1. The molecule has 0 radical (unpaired) electrons. The van der Waals surface area contributed by atoms with Crippen molar-refractivity contribution in [3.8, 4) is 5.75 Å². The van der Waals surface area contributed by atoms with Gasteiger partial charge in [0.15, 0.2) is 0 Å². The Morgan fingerprint density at radius 2 is 1.74 bits per heavy atom. The van der Waals surface area contributed by atoms with Gasteiger partial charge in [0, 0.05) is 60.8 Å². The monoisotopic (exact) mass is 507 g/mol. The fourth-order valence-electron chi connectivity index (χ4n) is 4.85. The lowest BCUT2D eigenvalue weighted by molar-refractivity contribution is -0.121. The summed E-state index contributed by atoms with van der Waals surface area (Å²) in [6, 6.07) is 28.5. The van der Waals surface area contributed by atoms with Crippen LogP contribution in [0.1, 0.15) is 34.7 Å². The molecule has 2 heterocycles. The van der Waals surface area contributed by atoms with Gasteiger partial charge in [-0.1, -0.05) is 48.5 Å². The summed E-state index contributed by atoms with van der Waals surface area (Å²) in [4.78, 5) is 17.5. The topological polar surface area (TPSA) is 56.1 Å². The Labute approximate surface area is 221 Å². The fourth-order valence-corrected chi connectivity index (χ4v) is 4.85. The molecule has 6 heteroatoms. The third kappa shape index (κ3) is 5.92. The van der Waals surface area contributed by atoms with E-state index in [9.17, 15) is 9.18 Å². The van der Waals surface area contributed by atoms with Crippen LogP contribution in [0.3, 0.4) is 0 Å². The first-order valence-corrected chi connectivity index (χ1v) is 12.7. The molecule has 0 spiro atoms. The summed E-state index contributed by atoms with van der Waals surface area (Å²) in [6.45, 7) is 1.13. The van der Waals surface area contributed by atoms with Crippen molar-refractivity contribution in [2.24, 2.45) is 0 Å². The molecule has 0 unspecified atom stereocenters. The number of para-hydroxylation sites is 1. The Kier molecular flexibility index (Phi) is 7.78. The molecule has 5 rings (SSSR count). The lowest BCUT2D eigenvalue weighted by Gasteiger charge is -2.18. The summed E-state index contributed by atoms with van der Waals surface area (Å²) in [7, 11) is 1.64. The van der Waals surface area contributed by atoms with Crippen LogP contribution in [0.15, 0.2) is 103 Å². The number of hydrogen-bond acceptors (Lipinski definition) is 3. The predicted molar refractivity (Wildman–Crippen MR) is 148 cm³/mol. The van der Waals surface area contributed by atoms with Crippen LogP contribution >= 0.6 is 0 Å². The number of aromatic nitrogens is 2. The number of fused-ring (bicyclic) bond motifs is 1. The molecule has 5 nitrogen and oxygen atoms in total. The number of carbonyl (C=O) groups excluding carboxylic acids is 1. The number of nitrogens with zero attached hydrogens (tertiary/aromatic N) is 2. The Morgan fingerprint density at radius 3 is 2.47 bits per heavy atom. The first kappa shape index (κ1) is 25.2. The zero-order valence-electron chi connectivity index (χ0n) is 21.3. The number of halogens is 1. The number of carbonyl (C=O) groups is 1. The molecular weight excluding hydrogens is 477 g/mol. The van der Waals surface area contributed by atoms with Crippen LogP contribution in [0, 0.1) is 5.82 Å². The van der Waals surface area contributed by atoms with Crippen molar-refractivity contribution in [1.82, 2.24) is 14.9 Å². The number of rotatable bonds is 10.